The molecular formula is C27H38O15. The Labute approximate surface area is 241 Å². The fraction of sp³-hybridized carbons (Fsp3) is 0.778. The highest BCUT2D eigenvalue weighted by Gasteiger charge is 2.56. The third-order valence-corrected chi connectivity index (χ3v) is 8.37. The van der Waals surface area contributed by atoms with E-state index in [9.17, 15) is 25.5 Å². The van der Waals surface area contributed by atoms with E-state index in [1.165, 1.54) is 14.2 Å². The number of ether oxygens (including phenoxy) is 10. The number of fused-ring (bicyclic) bond motifs is 3. The number of hydrogen-bond acceptors (Lipinski definition) is 15. The van der Waals surface area contributed by atoms with Gasteiger partial charge in [-0.25, -0.2) is 0 Å². The quantitative estimate of drug-likeness (QED) is 0.210. The van der Waals surface area contributed by atoms with Gasteiger partial charge in [-0.1, -0.05) is 30.3 Å². The molecule has 5 saturated heterocycles. The lowest BCUT2D eigenvalue weighted by molar-refractivity contribution is -0.390. The van der Waals surface area contributed by atoms with Crippen molar-refractivity contribution in [3.63, 3.8) is 0 Å². The van der Waals surface area contributed by atoms with Crippen molar-refractivity contribution in [1.82, 2.24) is 0 Å². The second kappa shape index (κ2) is 12.9. The van der Waals surface area contributed by atoms with E-state index >= 15 is 0 Å². The van der Waals surface area contributed by atoms with Crippen LogP contribution in [0.4, 0.5) is 0 Å². The van der Waals surface area contributed by atoms with Gasteiger partial charge in [0.25, 0.3) is 0 Å². The van der Waals surface area contributed by atoms with Crippen LogP contribution >= 0.6 is 0 Å². The Bertz CT molecular complexity index is 1010. The van der Waals surface area contributed by atoms with Gasteiger partial charge in [0.05, 0.1) is 19.8 Å². The van der Waals surface area contributed by atoms with Crippen molar-refractivity contribution in [2.45, 2.75) is 98.4 Å². The highest BCUT2D eigenvalue weighted by atomic mass is 16.8. The Morgan fingerprint density at radius 3 is 2.07 bits per heavy atom. The van der Waals surface area contributed by atoms with E-state index in [0.29, 0.717) is 0 Å². The molecule has 5 N–H and O–H groups in total. The monoisotopic (exact) mass is 602 g/mol. The van der Waals surface area contributed by atoms with Crippen molar-refractivity contribution in [3.05, 3.63) is 35.9 Å². The van der Waals surface area contributed by atoms with Crippen LogP contribution in [0.25, 0.3) is 0 Å². The number of hydrogen-bond donors (Lipinski definition) is 5. The molecule has 2 bridgehead atoms. The van der Waals surface area contributed by atoms with Gasteiger partial charge < -0.3 is 72.9 Å². The number of benzene rings is 1. The van der Waals surface area contributed by atoms with Crippen LogP contribution < -0.4 is 0 Å². The van der Waals surface area contributed by atoms with Crippen molar-refractivity contribution in [3.8, 4) is 0 Å². The fourth-order valence-electron chi connectivity index (χ4n) is 6.13. The number of methoxy groups -OCH3 is 2. The third kappa shape index (κ3) is 5.62. The predicted molar refractivity (Wildman–Crippen MR) is 134 cm³/mol. The lowest BCUT2D eigenvalue weighted by Gasteiger charge is -2.49. The summed E-state index contributed by atoms with van der Waals surface area (Å²) in [6.07, 6.45) is -17.6. The normalized spacial score (nSPS) is 49.0. The van der Waals surface area contributed by atoms with Gasteiger partial charge in [-0.2, -0.15) is 0 Å². The highest BCUT2D eigenvalue weighted by molar-refractivity contribution is 5.16. The molecular weight excluding hydrogens is 564 g/mol. The molecule has 16 atom stereocenters. The summed E-state index contributed by atoms with van der Waals surface area (Å²) in [4.78, 5) is 0. The minimum atomic E-state index is -1.65. The van der Waals surface area contributed by atoms with Crippen LogP contribution in [0.3, 0.4) is 0 Å². The molecule has 5 aliphatic rings. The van der Waals surface area contributed by atoms with Crippen molar-refractivity contribution >= 4 is 0 Å². The topological polar surface area (TPSA) is 193 Å². The Morgan fingerprint density at radius 2 is 1.36 bits per heavy atom. The molecule has 0 saturated carbocycles. The van der Waals surface area contributed by atoms with Crippen molar-refractivity contribution in [1.29, 1.82) is 0 Å². The summed E-state index contributed by atoms with van der Waals surface area (Å²) < 4.78 is 57.7. The standard InChI is InChI=1S/C27H38O15/c1-33-22-21(14-10-36-27(39-14)23(22)34-2)42-25-17(31)15(29)19(12(8-28)37-25)41-26-18(32)16(30)20-13(38-26)9-35-24(40-20)11-6-4-3-5-7-11/h3-7,12-32H,8-10H2,1-2H3/t12?,13?,14-,15+,16+,17?,18?,19+,20+,21+,22?,23?,24?,25-,26-,27+/m0/s1. The van der Waals surface area contributed by atoms with Gasteiger partial charge >= 0.3 is 0 Å². The maximum Gasteiger partial charge on any atom is 0.187 e. The first-order valence-electron chi connectivity index (χ1n) is 13.9. The second-order valence-electron chi connectivity index (χ2n) is 10.9. The Kier molecular flexibility index (Phi) is 9.43. The highest BCUT2D eigenvalue weighted by Crippen LogP contribution is 2.38. The van der Waals surface area contributed by atoms with Crippen molar-refractivity contribution in [2.75, 3.05) is 34.0 Å². The van der Waals surface area contributed by atoms with E-state index in [-0.39, 0.29) is 13.2 Å². The Balaban J connectivity index is 1.11. The van der Waals surface area contributed by atoms with Gasteiger partial charge in [0.1, 0.15) is 73.2 Å². The van der Waals surface area contributed by atoms with Crippen LogP contribution in [-0.2, 0) is 47.4 Å². The average molecular weight is 603 g/mol. The van der Waals surface area contributed by atoms with Crippen LogP contribution in [0.2, 0.25) is 0 Å². The van der Waals surface area contributed by atoms with Crippen molar-refractivity contribution < 1.29 is 72.9 Å². The van der Waals surface area contributed by atoms with E-state index in [0.717, 1.165) is 5.56 Å². The first kappa shape index (κ1) is 30.6. The van der Waals surface area contributed by atoms with Crippen LogP contribution in [0, 0.1) is 0 Å². The van der Waals surface area contributed by atoms with Gasteiger partial charge in [0, 0.05) is 19.8 Å². The van der Waals surface area contributed by atoms with Gasteiger partial charge in [0.2, 0.25) is 0 Å². The molecule has 1 aromatic carbocycles. The maximum absolute atomic E-state index is 11.1. The molecule has 1 aromatic rings. The number of aliphatic hydroxyl groups is 5. The van der Waals surface area contributed by atoms with Gasteiger partial charge in [-0.3, -0.25) is 0 Å². The molecule has 15 nitrogen and oxygen atoms in total. The number of aliphatic hydroxyl groups excluding tert-OH is 5. The predicted octanol–water partition coefficient (Wildman–Crippen LogP) is -2.46. The molecule has 236 valence electrons. The SMILES string of the molecule is COC1C(OC)[C@H](O[C@@H]2OC(CO)[C@@H](O[C@@H]3OC4COC(c5ccccc5)O[C@H]4[C@H](O)C3O)[C@H](O)C2O)[C@@H]2CO[C@@H]1O2. The average Bonchev–Trinajstić information content (AvgIpc) is 3.45. The zero-order valence-electron chi connectivity index (χ0n) is 23.1. The minimum absolute atomic E-state index is 0.0257. The zero-order chi connectivity index (χ0) is 29.5. The molecule has 7 unspecified atom stereocenters. The molecule has 0 aliphatic carbocycles. The Morgan fingerprint density at radius 1 is 0.690 bits per heavy atom. The van der Waals surface area contributed by atoms with Crippen LogP contribution in [0.1, 0.15) is 11.9 Å². The lowest BCUT2D eigenvalue weighted by Crippen LogP contribution is -2.66. The molecule has 5 aliphatic heterocycles. The Hall–Kier alpha value is -1.38. The molecule has 6 rings (SSSR count). The summed E-state index contributed by atoms with van der Waals surface area (Å²) in [7, 11) is 2.95. The summed E-state index contributed by atoms with van der Waals surface area (Å²) in [6.45, 7) is -0.421. The van der Waals surface area contributed by atoms with E-state index < -0.39 is 105 Å². The van der Waals surface area contributed by atoms with Crippen molar-refractivity contribution in [2.24, 2.45) is 0 Å². The summed E-state index contributed by atoms with van der Waals surface area (Å²) in [6, 6.07) is 9.14. The van der Waals surface area contributed by atoms with E-state index in [4.69, 9.17) is 47.4 Å². The molecule has 0 radical (unpaired) electrons. The van der Waals surface area contributed by atoms with E-state index in [2.05, 4.69) is 0 Å². The lowest BCUT2D eigenvalue weighted by atomic mass is 9.96. The van der Waals surface area contributed by atoms with Gasteiger partial charge in [-0.15, -0.1) is 0 Å². The zero-order valence-corrected chi connectivity index (χ0v) is 23.1. The van der Waals surface area contributed by atoms with Crippen LogP contribution in [0.15, 0.2) is 30.3 Å². The summed E-state index contributed by atoms with van der Waals surface area (Å²) in [5.74, 6) is 0. The molecule has 5 fully saturated rings. The number of rotatable bonds is 8. The summed E-state index contributed by atoms with van der Waals surface area (Å²) >= 11 is 0. The molecule has 0 spiro atoms. The molecule has 0 amide bonds. The molecule has 15 heteroatoms. The molecule has 0 aromatic heterocycles. The van der Waals surface area contributed by atoms with Crippen LogP contribution in [0.5, 0.6) is 0 Å². The first-order chi connectivity index (χ1) is 20.3. The fourth-order valence-corrected chi connectivity index (χ4v) is 6.13. The second-order valence-corrected chi connectivity index (χ2v) is 10.9. The smallest absolute Gasteiger partial charge is 0.187 e. The van der Waals surface area contributed by atoms with Crippen LogP contribution in [-0.4, -0.2) is 152 Å². The largest absolute Gasteiger partial charge is 0.394 e. The van der Waals surface area contributed by atoms with Gasteiger partial charge in [0.15, 0.2) is 25.2 Å². The minimum Gasteiger partial charge on any atom is -0.394 e. The van der Waals surface area contributed by atoms with E-state index in [1.54, 1.807) is 0 Å². The third-order valence-electron chi connectivity index (χ3n) is 8.37. The van der Waals surface area contributed by atoms with E-state index in [1.807, 2.05) is 30.3 Å². The first-order valence-corrected chi connectivity index (χ1v) is 13.9. The molecule has 5 heterocycles. The molecule has 42 heavy (non-hydrogen) atoms. The van der Waals surface area contributed by atoms with Gasteiger partial charge in [-0.05, 0) is 0 Å². The maximum atomic E-state index is 11.1. The summed E-state index contributed by atoms with van der Waals surface area (Å²) in [5, 5.41) is 53.9. The summed E-state index contributed by atoms with van der Waals surface area (Å²) in [5.41, 5.74) is 0.740.